The van der Waals surface area contributed by atoms with E-state index in [-0.39, 0.29) is 11.5 Å². The molecule has 0 aliphatic heterocycles. The molecule has 142 valence electrons. The Morgan fingerprint density at radius 3 is 2.56 bits per heavy atom. The second kappa shape index (κ2) is 7.24. The average Bonchev–Trinajstić information content (AvgIpc) is 3.12. The SMILES string of the molecule is CCn1cnc2sc(C(=O)Nc3sc(C)c(C)c3C(=O)OC)c(C)c2c1=O. The van der Waals surface area contributed by atoms with Gasteiger partial charge in [-0.25, -0.2) is 9.78 Å². The zero-order valence-electron chi connectivity index (χ0n) is 15.6. The van der Waals surface area contributed by atoms with Crippen LogP contribution in [0.3, 0.4) is 0 Å². The van der Waals surface area contributed by atoms with Crippen LogP contribution in [0.5, 0.6) is 0 Å². The van der Waals surface area contributed by atoms with Gasteiger partial charge in [0.1, 0.15) is 9.83 Å². The highest BCUT2D eigenvalue weighted by Crippen LogP contribution is 2.34. The predicted molar refractivity (Wildman–Crippen MR) is 107 cm³/mol. The van der Waals surface area contributed by atoms with Gasteiger partial charge < -0.3 is 10.1 Å². The van der Waals surface area contributed by atoms with Crippen LogP contribution in [0.1, 0.15) is 43.0 Å². The van der Waals surface area contributed by atoms with E-state index in [1.165, 1.54) is 40.7 Å². The molecule has 3 heterocycles. The molecule has 0 atom stereocenters. The molecule has 1 amide bonds. The van der Waals surface area contributed by atoms with Crippen molar-refractivity contribution in [2.45, 2.75) is 34.2 Å². The van der Waals surface area contributed by atoms with Crippen LogP contribution in [0.2, 0.25) is 0 Å². The van der Waals surface area contributed by atoms with E-state index in [0.29, 0.717) is 37.8 Å². The van der Waals surface area contributed by atoms with E-state index in [9.17, 15) is 14.4 Å². The van der Waals surface area contributed by atoms with Crippen LogP contribution in [0.25, 0.3) is 10.2 Å². The van der Waals surface area contributed by atoms with Crippen molar-refractivity contribution in [3.05, 3.63) is 43.1 Å². The number of carbonyl (C=O) groups excluding carboxylic acids is 2. The van der Waals surface area contributed by atoms with Crippen molar-refractivity contribution >= 4 is 49.8 Å². The Morgan fingerprint density at radius 1 is 1.22 bits per heavy atom. The quantitative estimate of drug-likeness (QED) is 0.671. The highest BCUT2D eigenvalue weighted by molar-refractivity contribution is 7.21. The van der Waals surface area contributed by atoms with Crippen LogP contribution in [0, 0.1) is 20.8 Å². The molecule has 3 rings (SSSR count). The predicted octanol–water partition coefficient (Wildman–Crippen LogP) is 3.50. The number of ether oxygens (including phenoxy) is 1. The lowest BCUT2D eigenvalue weighted by Gasteiger charge is -2.05. The summed E-state index contributed by atoms with van der Waals surface area (Å²) < 4.78 is 6.34. The first-order valence-corrected chi connectivity index (χ1v) is 9.91. The summed E-state index contributed by atoms with van der Waals surface area (Å²) in [6, 6.07) is 0. The number of fused-ring (bicyclic) bond motifs is 1. The molecule has 0 unspecified atom stereocenters. The van der Waals surface area contributed by atoms with Crippen molar-refractivity contribution < 1.29 is 14.3 Å². The summed E-state index contributed by atoms with van der Waals surface area (Å²) in [6.07, 6.45) is 1.49. The van der Waals surface area contributed by atoms with Crippen LogP contribution in [0.15, 0.2) is 11.1 Å². The average molecular weight is 406 g/mol. The Hall–Kier alpha value is -2.52. The fourth-order valence-corrected chi connectivity index (χ4v) is 4.90. The van der Waals surface area contributed by atoms with Crippen LogP contribution < -0.4 is 10.9 Å². The Labute approximate surface area is 163 Å². The third kappa shape index (κ3) is 3.17. The van der Waals surface area contributed by atoms with Crippen LogP contribution in [0.4, 0.5) is 5.00 Å². The lowest BCUT2D eigenvalue weighted by atomic mass is 10.1. The number of anilines is 1. The van der Waals surface area contributed by atoms with Gasteiger partial charge in [-0.05, 0) is 38.8 Å². The number of aromatic nitrogens is 2. The molecule has 1 N–H and O–H groups in total. The van der Waals surface area contributed by atoms with Gasteiger partial charge in [0.25, 0.3) is 11.5 Å². The van der Waals surface area contributed by atoms with E-state index in [1.807, 2.05) is 20.8 Å². The van der Waals surface area contributed by atoms with Gasteiger partial charge in [0.15, 0.2) is 0 Å². The fraction of sp³-hybridized carbons (Fsp3) is 0.333. The number of hydrogen-bond donors (Lipinski definition) is 1. The highest BCUT2D eigenvalue weighted by atomic mass is 32.1. The Kier molecular flexibility index (Phi) is 5.16. The van der Waals surface area contributed by atoms with Crippen molar-refractivity contribution in [3.8, 4) is 0 Å². The number of methoxy groups -OCH3 is 1. The molecule has 0 bridgehead atoms. The first kappa shape index (κ1) is 19.2. The maximum absolute atomic E-state index is 12.9. The van der Waals surface area contributed by atoms with Gasteiger partial charge in [-0.1, -0.05) is 0 Å². The normalized spacial score (nSPS) is 11.0. The summed E-state index contributed by atoms with van der Waals surface area (Å²) in [4.78, 5) is 43.7. The van der Waals surface area contributed by atoms with Crippen molar-refractivity contribution in [1.82, 2.24) is 9.55 Å². The zero-order chi connectivity index (χ0) is 19.9. The minimum Gasteiger partial charge on any atom is -0.465 e. The molecule has 0 fully saturated rings. The van der Waals surface area contributed by atoms with Crippen molar-refractivity contribution in [2.24, 2.45) is 0 Å². The Morgan fingerprint density at radius 2 is 1.93 bits per heavy atom. The molecule has 0 saturated carbocycles. The van der Waals surface area contributed by atoms with E-state index in [1.54, 1.807) is 6.92 Å². The minimum absolute atomic E-state index is 0.159. The number of hydrogen-bond acceptors (Lipinski definition) is 7. The van der Waals surface area contributed by atoms with E-state index in [4.69, 9.17) is 4.74 Å². The van der Waals surface area contributed by atoms with Crippen LogP contribution in [-0.2, 0) is 11.3 Å². The largest absolute Gasteiger partial charge is 0.465 e. The molecule has 0 radical (unpaired) electrons. The molecule has 3 aromatic rings. The van der Waals surface area contributed by atoms with E-state index < -0.39 is 5.97 Å². The molecular formula is C18H19N3O4S2. The van der Waals surface area contributed by atoms with Gasteiger partial charge in [0, 0.05) is 11.4 Å². The molecule has 0 saturated heterocycles. The number of carbonyl (C=O) groups is 2. The van der Waals surface area contributed by atoms with E-state index in [0.717, 1.165) is 10.4 Å². The molecule has 0 aromatic carbocycles. The summed E-state index contributed by atoms with van der Waals surface area (Å²) in [7, 11) is 1.31. The van der Waals surface area contributed by atoms with Crippen LogP contribution >= 0.6 is 22.7 Å². The summed E-state index contributed by atoms with van der Waals surface area (Å²) >= 11 is 2.49. The molecule has 0 aliphatic carbocycles. The molecule has 7 nitrogen and oxygen atoms in total. The third-order valence-corrected chi connectivity index (χ3v) is 6.79. The van der Waals surface area contributed by atoms with Gasteiger partial charge >= 0.3 is 5.97 Å². The van der Waals surface area contributed by atoms with Gasteiger partial charge in [0.2, 0.25) is 0 Å². The molecule has 9 heteroatoms. The lowest BCUT2D eigenvalue weighted by Crippen LogP contribution is -2.19. The van der Waals surface area contributed by atoms with Crippen LogP contribution in [-0.4, -0.2) is 28.5 Å². The maximum Gasteiger partial charge on any atom is 0.341 e. The second-order valence-corrected chi connectivity index (χ2v) is 8.23. The summed E-state index contributed by atoms with van der Waals surface area (Å²) in [5.74, 6) is -0.864. The Balaban J connectivity index is 2.05. The van der Waals surface area contributed by atoms with Gasteiger partial charge in [-0.15, -0.1) is 22.7 Å². The zero-order valence-corrected chi connectivity index (χ0v) is 17.3. The number of esters is 1. The van der Waals surface area contributed by atoms with Crippen molar-refractivity contribution in [1.29, 1.82) is 0 Å². The van der Waals surface area contributed by atoms with Gasteiger partial charge in [-0.3, -0.25) is 14.2 Å². The first-order valence-electron chi connectivity index (χ1n) is 8.28. The standard InChI is InChI=1S/C18H19N3O4S2/c1-6-21-7-19-15-11(17(21)23)9(3)13(27-15)14(22)20-16-12(18(24)25-5)8(2)10(4)26-16/h7H,6H2,1-5H3,(H,20,22). The minimum atomic E-state index is -0.493. The fourth-order valence-electron chi connectivity index (χ4n) is 2.82. The number of aryl methyl sites for hydroxylation is 3. The van der Waals surface area contributed by atoms with Gasteiger partial charge in [-0.2, -0.15) is 0 Å². The van der Waals surface area contributed by atoms with E-state index in [2.05, 4.69) is 10.3 Å². The number of nitrogens with zero attached hydrogens (tertiary/aromatic N) is 2. The second-order valence-electron chi connectivity index (χ2n) is 6.01. The topological polar surface area (TPSA) is 90.3 Å². The number of rotatable bonds is 4. The molecule has 0 aliphatic rings. The first-order chi connectivity index (χ1) is 12.8. The number of nitrogens with one attached hydrogen (secondary N) is 1. The maximum atomic E-state index is 12.9. The summed E-state index contributed by atoms with van der Waals surface area (Å²) in [5.41, 5.74) is 1.58. The molecule has 27 heavy (non-hydrogen) atoms. The summed E-state index contributed by atoms with van der Waals surface area (Å²) in [6.45, 7) is 7.80. The third-order valence-electron chi connectivity index (χ3n) is 4.47. The monoisotopic (exact) mass is 405 g/mol. The Bertz CT molecular complexity index is 1120. The highest BCUT2D eigenvalue weighted by Gasteiger charge is 2.24. The van der Waals surface area contributed by atoms with Crippen molar-refractivity contribution in [3.63, 3.8) is 0 Å². The smallest absolute Gasteiger partial charge is 0.341 e. The van der Waals surface area contributed by atoms with E-state index >= 15 is 0 Å². The van der Waals surface area contributed by atoms with Crippen molar-refractivity contribution in [2.75, 3.05) is 12.4 Å². The molecule has 3 aromatic heterocycles. The number of thiophene rings is 2. The lowest BCUT2D eigenvalue weighted by molar-refractivity contribution is 0.0601. The molecular weight excluding hydrogens is 386 g/mol. The summed E-state index contributed by atoms with van der Waals surface area (Å²) in [5, 5.41) is 3.71. The molecule has 0 spiro atoms. The number of amides is 1. The van der Waals surface area contributed by atoms with Gasteiger partial charge in [0.05, 0.1) is 29.3 Å².